The number of hydrogen-bond acceptors (Lipinski definition) is 2. The van der Waals surface area contributed by atoms with E-state index in [1.165, 1.54) is 23.1 Å². The Morgan fingerprint density at radius 1 is 1.20 bits per heavy atom. The summed E-state index contributed by atoms with van der Waals surface area (Å²) in [5.74, 6) is -0.856. The number of nitrogens with two attached hydrogens (primary N) is 1. The smallest absolute Gasteiger partial charge is 0.256 e. The second kappa shape index (κ2) is 5.74. The number of halogens is 1. The van der Waals surface area contributed by atoms with E-state index >= 15 is 0 Å². The van der Waals surface area contributed by atoms with Gasteiger partial charge in [0.05, 0.1) is 11.3 Å². The van der Waals surface area contributed by atoms with E-state index in [-0.39, 0.29) is 17.2 Å². The number of nitrogens with zero attached hydrogens (tertiary/aromatic N) is 1. The number of anilines is 1. The highest BCUT2D eigenvalue weighted by atomic mass is 19.1. The van der Waals surface area contributed by atoms with Crippen LogP contribution in [0.5, 0.6) is 0 Å². The van der Waals surface area contributed by atoms with Crippen molar-refractivity contribution >= 4 is 11.6 Å². The maximum absolute atomic E-state index is 13.4. The Hall–Kier alpha value is -2.36. The van der Waals surface area contributed by atoms with Crippen molar-refractivity contribution in [2.75, 3.05) is 12.8 Å². The summed E-state index contributed by atoms with van der Waals surface area (Å²) >= 11 is 0. The van der Waals surface area contributed by atoms with Crippen molar-refractivity contribution in [3.05, 3.63) is 65.0 Å². The van der Waals surface area contributed by atoms with E-state index in [1.807, 2.05) is 31.2 Å². The Morgan fingerprint density at radius 3 is 2.60 bits per heavy atom. The standard InChI is InChI=1S/C16H17FN2O/c1-11-6-3-4-7-12(11)10-19(2)16(20)13-8-5-9-14(17)15(13)18/h3-9H,10,18H2,1-2H3. The number of carbonyl (C=O) groups excluding carboxylic acids is 1. The fourth-order valence-electron chi connectivity index (χ4n) is 2.04. The average molecular weight is 272 g/mol. The van der Waals surface area contributed by atoms with Crippen LogP contribution in [0.4, 0.5) is 10.1 Å². The molecule has 2 rings (SSSR count). The van der Waals surface area contributed by atoms with Crippen molar-refractivity contribution < 1.29 is 9.18 Å². The molecule has 0 saturated heterocycles. The predicted octanol–water partition coefficient (Wildman–Crippen LogP) is 2.99. The Labute approximate surface area is 117 Å². The van der Waals surface area contributed by atoms with Crippen molar-refractivity contribution in [1.29, 1.82) is 0 Å². The van der Waals surface area contributed by atoms with E-state index in [9.17, 15) is 9.18 Å². The third-order valence-corrected chi connectivity index (χ3v) is 3.30. The number of amides is 1. The molecule has 1 amide bonds. The SMILES string of the molecule is Cc1ccccc1CN(C)C(=O)c1cccc(F)c1N. The zero-order valence-electron chi connectivity index (χ0n) is 11.6. The molecule has 0 aliphatic heterocycles. The summed E-state index contributed by atoms with van der Waals surface area (Å²) in [6.45, 7) is 2.45. The lowest BCUT2D eigenvalue weighted by molar-refractivity contribution is 0.0785. The lowest BCUT2D eigenvalue weighted by atomic mass is 10.1. The van der Waals surface area contributed by atoms with Gasteiger partial charge in [-0.2, -0.15) is 0 Å². The molecule has 0 aliphatic rings. The number of benzene rings is 2. The minimum atomic E-state index is -0.569. The van der Waals surface area contributed by atoms with Crippen LogP contribution >= 0.6 is 0 Å². The van der Waals surface area contributed by atoms with Crippen LogP contribution in [0, 0.1) is 12.7 Å². The van der Waals surface area contributed by atoms with Gasteiger partial charge >= 0.3 is 0 Å². The molecule has 0 atom stereocenters. The average Bonchev–Trinajstić information content (AvgIpc) is 2.43. The molecule has 0 fully saturated rings. The highest BCUT2D eigenvalue weighted by Gasteiger charge is 2.17. The lowest BCUT2D eigenvalue weighted by Crippen LogP contribution is -2.27. The molecule has 0 bridgehead atoms. The van der Waals surface area contributed by atoms with Gasteiger partial charge in [0, 0.05) is 13.6 Å². The van der Waals surface area contributed by atoms with Crippen LogP contribution in [0.3, 0.4) is 0 Å². The van der Waals surface area contributed by atoms with Gasteiger partial charge < -0.3 is 10.6 Å². The predicted molar refractivity (Wildman–Crippen MR) is 77.8 cm³/mol. The summed E-state index contributed by atoms with van der Waals surface area (Å²) in [5.41, 5.74) is 7.88. The molecule has 0 saturated carbocycles. The van der Waals surface area contributed by atoms with Gasteiger partial charge in [0.2, 0.25) is 0 Å². The van der Waals surface area contributed by atoms with Gasteiger partial charge in [-0.3, -0.25) is 4.79 Å². The molecular formula is C16H17FN2O. The first kappa shape index (κ1) is 14.1. The molecule has 0 heterocycles. The molecule has 2 N–H and O–H groups in total. The Morgan fingerprint density at radius 2 is 1.90 bits per heavy atom. The van der Waals surface area contributed by atoms with Crippen molar-refractivity contribution in [3.8, 4) is 0 Å². The summed E-state index contributed by atoms with van der Waals surface area (Å²) in [7, 11) is 1.68. The molecular weight excluding hydrogens is 255 g/mol. The highest BCUT2D eigenvalue weighted by molar-refractivity contribution is 5.99. The van der Waals surface area contributed by atoms with Crippen LogP contribution < -0.4 is 5.73 Å². The van der Waals surface area contributed by atoms with Crippen LogP contribution in [0.1, 0.15) is 21.5 Å². The third kappa shape index (κ3) is 2.79. The van der Waals surface area contributed by atoms with Crippen molar-refractivity contribution in [2.24, 2.45) is 0 Å². The van der Waals surface area contributed by atoms with Crippen molar-refractivity contribution in [2.45, 2.75) is 13.5 Å². The van der Waals surface area contributed by atoms with Crippen LogP contribution in [-0.4, -0.2) is 17.9 Å². The topological polar surface area (TPSA) is 46.3 Å². The summed E-state index contributed by atoms with van der Waals surface area (Å²) in [6, 6.07) is 12.1. The first-order valence-electron chi connectivity index (χ1n) is 6.34. The summed E-state index contributed by atoms with van der Waals surface area (Å²) in [4.78, 5) is 13.8. The van der Waals surface area contributed by atoms with Crippen molar-refractivity contribution in [3.63, 3.8) is 0 Å². The fourth-order valence-corrected chi connectivity index (χ4v) is 2.04. The number of rotatable bonds is 3. The van der Waals surface area contributed by atoms with E-state index in [0.29, 0.717) is 6.54 Å². The fraction of sp³-hybridized carbons (Fsp3) is 0.188. The van der Waals surface area contributed by atoms with Crippen LogP contribution in [0.15, 0.2) is 42.5 Å². The molecule has 2 aromatic carbocycles. The Kier molecular flexibility index (Phi) is 4.03. The largest absolute Gasteiger partial charge is 0.396 e. The molecule has 3 nitrogen and oxygen atoms in total. The first-order valence-corrected chi connectivity index (χ1v) is 6.34. The minimum absolute atomic E-state index is 0.103. The second-order valence-electron chi connectivity index (χ2n) is 4.79. The molecule has 0 spiro atoms. The van der Waals surface area contributed by atoms with E-state index in [2.05, 4.69) is 0 Å². The molecule has 0 radical (unpaired) electrons. The van der Waals surface area contributed by atoms with E-state index in [1.54, 1.807) is 7.05 Å². The van der Waals surface area contributed by atoms with Gasteiger partial charge in [-0.05, 0) is 30.2 Å². The molecule has 0 aromatic heterocycles. The van der Waals surface area contributed by atoms with Gasteiger partial charge in [-0.1, -0.05) is 30.3 Å². The van der Waals surface area contributed by atoms with E-state index < -0.39 is 5.82 Å². The third-order valence-electron chi connectivity index (χ3n) is 3.30. The first-order chi connectivity index (χ1) is 9.50. The summed E-state index contributed by atoms with van der Waals surface area (Å²) in [6.07, 6.45) is 0. The number of hydrogen-bond donors (Lipinski definition) is 1. The van der Waals surface area contributed by atoms with Gasteiger partial charge in [-0.25, -0.2) is 4.39 Å². The number of carbonyl (C=O) groups is 1. The van der Waals surface area contributed by atoms with E-state index in [0.717, 1.165) is 11.1 Å². The van der Waals surface area contributed by atoms with Gasteiger partial charge in [0.15, 0.2) is 0 Å². The van der Waals surface area contributed by atoms with Crippen LogP contribution in [0.2, 0.25) is 0 Å². The maximum atomic E-state index is 13.4. The molecule has 104 valence electrons. The Bertz CT molecular complexity index is 640. The second-order valence-corrected chi connectivity index (χ2v) is 4.79. The summed E-state index contributed by atoms with van der Waals surface area (Å²) < 4.78 is 13.4. The molecule has 4 heteroatoms. The van der Waals surface area contributed by atoms with Crippen LogP contribution in [-0.2, 0) is 6.54 Å². The zero-order valence-corrected chi connectivity index (χ0v) is 11.6. The maximum Gasteiger partial charge on any atom is 0.256 e. The van der Waals surface area contributed by atoms with Gasteiger partial charge in [0.25, 0.3) is 5.91 Å². The minimum Gasteiger partial charge on any atom is -0.396 e. The number of nitrogen functional groups attached to an aromatic ring is 1. The molecule has 0 aliphatic carbocycles. The zero-order chi connectivity index (χ0) is 14.7. The Balaban J connectivity index is 2.21. The molecule has 2 aromatic rings. The summed E-state index contributed by atoms with van der Waals surface area (Å²) in [5, 5.41) is 0. The van der Waals surface area contributed by atoms with Gasteiger partial charge in [0.1, 0.15) is 5.82 Å². The van der Waals surface area contributed by atoms with Crippen molar-refractivity contribution in [1.82, 2.24) is 4.90 Å². The van der Waals surface area contributed by atoms with Gasteiger partial charge in [-0.15, -0.1) is 0 Å². The quantitative estimate of drug-likeness (QED) is 0.873. The molecule has 0 unspecified atom stereocenters. The van der Waals surface area contributed by atoms with Crippen LogP contribution in [0.25, 0.3) is 0 Å². The molecule has 20 heavy (non-hydrogen) atoms. The number of para-hydroxylation sites is 1. The number of aryl methyl sites for hydroxylation is 1. The monoisotopic (exact) mass is 272 g/mol. The lowest BCUT2D eigenvalue weighted by Gasteiger charge is -2.19. The normalized spacial score (nSPS) is 10.3. The highest BCUT2D eigenvalue weighted by Crippen LogP contribution is 2.19. The van der Waals surface area contributed by atoms with E-state index in [4.69, 9.17) is 5.73 Å².